The predicted molar refractivity (Wildman–Crippen MR) is 149 cm³/mol. The van der Waals surface area contributed by atoms with Gasteiger partial charge in [-0.15, -0.1) is 27.3 Å². The molecule has 0 aliphatic carbocycles. The van der Waals surface area contributed by atoms with Gasteiger partial charge in [-0.05, 0) is 34.2 Å². The lowest BCUT2D eigenvalue weighted by Crippen LogP contribution is -2.56. The summed E-state index contributed by atoms with van der Waals surface area (Å²) in [5.41, 5.74) is 3.91. The summed E-state index contributed by atoms with van der Waals surface area (Å²) in [5, 5.41) is 3.27. The summed E-state index contributed by atoms with van der Waals surface area (Å²) in [6.45, 7) is 6.40. The Kier molecular flexibility index (Phi) is 6.76. The molecule has 0 aliphatic heterocycles. The molecule has 1 N–H and O–H groups in total. The Morgan fingerprint density at radius 1 is 0.500 bits per heavy atom. The van der Waals surface area contributed by atoms with E-state index >= 15 is 0 Å². The van der Waals surface area contributed by atoms with Gasteiger partial charge in [-0.2, -0.15) is 0 Å². The lowest BCUT2D eigenvalue weighted by molar-refractivity contribution is 0.590. The van der Waals surface area contributed by atoms with Gasteiger partial charge in [0.05, 0.1) is 0 Å². The van der Waals surface area contributed by atoms with Crippen molar-refractivity contribution in [3.8, 4) is 11.1 Å². The van der Waals surface area contributed by atoms with E-state index in [1.807, 2.05) is 24.3 Å². The highest BCUT2D eigenvalue weighted by Gasteiger charge is 2.21. The predicted octanol–water partition coefficient (Wildman–Crippen LogP) is -4.46. The van der Waals surface area contributed by atoms with Crippen LogP contribution < -0.4 is 54.5 Å². The lowest BCUT2D eigenvalue weighted by atomic mass is 9.57. The highest BCUT2D eigenvalue weighted by Crippen LogP contribution is 2.27. The van der Waals surface area contributed by atoms with E-state index in [9.17, 15) is 0 Å². The Balaban J connectivity index is 2.30. The van der Waals surface area contributed by atoms with Gasteiger partial charge in [0, 0.05) is 11.4 Å². The second-order valence-electron chi connectivity index (χ2n) is 8.80. The van der Waals surface area contributed by atoms with E-state index < -0.39 is 0 Å². The molecule has 134 valence electrons. The molecular formula is C22H14B9N. The van der Waals surface area contributed by atoms with Crippen LogP contribution in [-0.2, 0) is 5.41 Å². The monoisotopic (exact) mass is 391 g/mol. The molecule has 0 atom stereocenters. The second-order valence-corrected chi connectivity index (χ2v) is 8.80. The van der Waals surface area contributed by atoms with Crippen molar-refractivity contribution in [2.45, 2.75) is 26.2 Å². The van der Waals surface area contributed by atoms with E-state index in [4.69, 9.17) is 70.6 Å². The van der Waals surface area contributed by atoms with Crippen molar-refractivity contribution < 1.29 is 0 Å². The maximum Gasteiger partial charge on any atom is 0.115 e. The van der Waals surface area contributed by atoms with Crippen molar-refractivity contribution in [2.75, 3.05) is 5.32 Å². The van der Waals surface area contributed by atoms with Crippen LogP contribution in [0.4, 0.5) is 11.4 Å². The van der Waals surface area contributed by atoms with E-state index in [0.29, 0.717) is 11.3 Å². The molecule has 0 saturated carbocycles. The van der Waals surface area contributed by atoms with Gasteiger partial charge in [-0.25, -0.2) is 0 Å². The zero-order valence-corrected chi connectivity index (χ0v) is 18.5. The van der Waals surface area contributed by atoms with Gasteiger partial charge in [-0.3, -0.25) is 0 Å². The molecule has 32 heavy (non-hydrogen) atoms. The molecule has 0 heterocycles. The fourth-order valence-corrected chi connectivity index (χ4v) is 3.54. The smallest absolute Gasteiger partial charge is 0.115 e. The van der Waals surface area contributed by atoms with E-state index in [1.54, 1.807) is 0 Å². The summed E-state index contributed by atoms with van der Waals surface area (Å²) < 4.78 is 0. The number of rotatable bonds is 3. The van der Waals surface area contributed by atoms with Crippen molar-refractivity contribution in [3.63, 3.8) is 0 Å². The summed E-state index contributed by atoms with van der Waals surface area (Å²) in [5.74, 6) is 0. The Labute approximate surface area is 203 Å². The zero-order chi connectivity index (χ0) is 24.1. The van der Waals surface area contributed by atoms with Gasteiger partial charge < -0.3 is 5.32 Å². The minimum atomic E-state index is 0.000692. The molecule has 0 aromatic heterocycles. The fraction of sp³-hybridized carbons (Fsp3) is 0.182. The first-order valence-electron chi connectivity index (χ1n) is 9.92. The molecule has 0 unspecified atom stereocenters. The van der Waals surface area contributed by atoms with E-state index in [2.05, 4.69) is 26.1 Å². The van der Waals surface area contributed by atoms with E-state index in [1.165, 1.54) is 5.56 Å². The SMILES string of the molecule is [B]c1c([B])c([B])c(-c2c([B])c([B])c([B])c([B])c2Nc2ccc(C(C)(C)C)cc2)c([B])c1[B]. The normalized spacial score (nSPS) is 11.5. The number of benzene rings is 3. The van der Waals surface area contributed by atoms with Crippen molar-refractivity contribution >= 4 is 131 Å². The topological polar surface area (TPSA) is 12.0 Å². The quantitative estimate of drug-likeness (QED) is 0.446. The van der Waals surface area contributed by atoms with Crippen LogP contribution in [0.3, 0.4) is 0 Å². The Hall–Kier alpha value is -1.96. The van der Waals surface area contributed by atoms with Crippen LogP contribution in [0, 0.1) is 0 Å². The Morgan fingerprint density at radius 2 is 0.875 bits per heavy atom. The molecule has 0 fully saturated rings. The molecular weight excluding hydrogens is 376 g/mol. The largest absolute Gasteiger partial charge is 0.356 e. The average molecular weight is 390 g/mol. The number of hydrogen-bond donors (Lipinski definition) is 1. The third kappa shape index (κ3) is 4.18. The fourth-order valence-electron chi connectivity index (χ4n) is 3.54. The first-order chi connectivity index (χ1) is 14.8. The molecule has 1 nitrogen and oxygen atoms in total. The minimum absolute atomic E-state index is 0.000692. The zero-order valence-electron chi connectivity index (χ0n) is 18.5. The second kappa shape index (κ2) is 8.77. The van der Waals surface area contributed by atoms with E-state index in [-0.39, 0.29) is 60.1 Å². The first-order valence-corrected chi connectivity index (χ1v) is 9.92. The highest BCUT2D eigenvalue weighted by atomic mass is 14.9. The van der Waals surface area contributed by atoms with Crippen LogP contribution in [0.15, 0.2) is 24.3 Å². The molecule has 0 bridgehead atoms. The van der Waals surface area contributed by atoms with Crippen LogP contribution in [0.25, 0.3) is 11.1 Å². The van der Waals surface area contributed by atoms with Gasteiger partial charge >= 0.3 is 0 Å². The molecule has 18 radical (unpaired) electrons. The molecule has 10 heteroatoms. The third-order valence-corrected chi connectivity index (χ3v) is 5.63. The van der Waals surface area contributed by atoms with Crippen LogP contribution in [0.5, 0.6) is 0 Å². The number of nitrogens with one attached hydrogen (secondary N) is 1. The average Bonchev–Trinajstić information content (AvgIpc) is 2.75. The Bertz CT molecular complexity index is 1180. The maximum absolute atomic E-state index is 6.37. The summed E-state index contributed by atoms with van der Waals surface area (Å²) in [6.07, 6.45) is 0. The van der Waals surface area contributed by atoms with E-state index in [0.717, 1.165) is 5.69 Å². The number of anilines is 2. The highest BCUT2D eigenvalue weighted by molar-refractivity contribution is 6.70. The molecule has 0 aliphatic rings. The Morgan fingerprint density at radius 3 is 1.31 bits per heavy atom. The van der Waals surface area contributed by atoms with Gasteiger partial charge in [0.15, 0.2) is 0 Å². The van der Waals surface area contributed by atoms with Gasteiger partial charge in [0.25, 0.3) is 0 Å². The van der Waals surface area contributed by atoms with Gasteiger partial charge in [-0.1, -0.05) is 54.8 Å². The van der Waals surface area contributed by atoms with Crippen LogP contribution in [0.1, 0.15) is 26.3 Å². The molecule has 3 aromatic carbocycles. The molecule has 0 amide bonds. The van der Waals surface area contributed by atoms with Crippen molar-refractivity contribution in [2.24, 2.45) is 0 Å². The summed E-state index contributed by atoms with van der Waals surface area (Å²) >= 11 is 0. The maximum atomic E-state index is 6.37. The van der Waals surface area contributed by atoms with Crippen LogP contribution in [-0.4, -0.2) is 70.6 Å². The van der Waals surface area contributed by atoms with Crippen molar-refractivity contribution in [3.05, 3.63) is 29.8 Å². The summed E-state index contributed by atoms with van der Waals surface area (Å²) in [6, 6.07) is 7.88. The van der Waals surface area contributed by atoms with Gasteiger partial charge in [0.2, 0.25) is 0 Å². The molecule has 3 aromatic rings. The lowest BCUT2D eigenvalue weighted by Gasteiger charge is -2.29. The number of hydrogen-bond acceptors (Lipinski definition) is 1. The summed E-state index contributed by atoms with van der Waals surface area (Å²) in [4.78, 5) is 0. The minimum Gasteiger partial charge on any atom is -0.356 e. The standard InChI is InChI=1S/C22H14B9N/c1-22(2,3)8-4-6-9(7-5-8)32-21-11(14(25)17(28)19(30)20(21)31)10-12(23)15(26)18(29)16(27)13(10)24/h4-7,32H,1-3H3. The molecule has 0 saturated heterocycles. The van der Waals surface area contributed by atoms with Crippen molar-refractivity contribution in [1.29, 1.82) is 0 Å². The van der Waals surface area contributed by atoms with Crippen molar-refractivity contribution in [1.82, 2.24) is 0 Å². The summed E-state index contributed by atoms with van der Waals surface area (Å²) in [7, 11) is 55.6. The molecule has 0 spiro atoms. The molecule has 3 rings (SSSR count). The third-order valence-electron chi connectivity index (χ3n) is 5.63. The first kappa shape index (κ1) is 24.7. The van der Waals surface area contributed by atoms with Crippen LogP contribution in [0.2, 0.25) is 0 Å². The van der Waals surface area contributed by atoms with Crippen LogP contribution >= 0.6 is 0 Å². The van der Waals surface area contributed by atoms with Gasteiger partial charge in [0.1, 0.15) is 70.6 Å².